The lowest BCUT2D eigenvalue weighted by molar-refractivity contribution is -0.394. The fraction of sp³-hybridized carbons (Fsp3) is 0.263. The number of hydrogen-bond donors (Lipinski definition) is 0. The van der Waals surface area contributed by atoms with Crippen LogP contribution in [0.2, 0.25) is 0 Å². The van der Waals surface area contributed by atoms with Crippen molar-refractivity contribution in [3.05, 3.63) is 73.3 Å². The highest BCUT2D eigenvalue weighted by Gasteiger charge is 2.23. The zero-order chi connectivity index (χ0) is 20.8. The Labute approximate surface area is 160 Å². The number of carbonyl (C=O) groups is 2. The summed E-state index contributed by atoms with van der Waals surface area (Å²) in [6.07, 6.45) is 0.902. The maximum absolute atomic E-state index is 11.7. The van der Waals surface area contributed by atoms with Gasteiger partial charge < -0.3 is 9.53 Å². The van der Waals surface area contributed by atoms with Gasteiger partial charge in [-0.2, -0.15) is 0 Å². The molecule has 0 aliphatic rings. The Bertz CT molecular complexity index is 940. The molecule has 0 heterocycles. The highest BCUT2D eigenvalue weighted by Crippen LogP contribution is 2.33. The van der Waals surface area contributed by atoms with Crippen LogP contribution in [0, 0.1) is 20.2 Å². The molecule has 28 heavy (non-hydrogen) atoms. The molecule has 0 unspecified atom stereocenters. The highest BCUT2D eigenvalue weighted by atomic mass is 16.6. The summed E-state index contributed by atoms with van der Waals surface area (Å²) < 4.78 is 5.24. The molecule has 0 saturated carbocycles. The fourth-order valence-corrected chi connectivity index (χ4v) is 2.98. The third-order valence-corrected chi connectivity index (χ3v) is 4.40. The molecule has 0 radical (unpaired) electrons. The molecule has 0 aromatic heterocycles. The average molecular weight is 386 g/mol. The Kier molecular flexibility index (Phi) is 6.54. The molecule has 9 nitrogen and oxygen atoms in total. The van der Waals surface area contributed by atoms with Gasteiger partial charge in [0.1, 0.15) is 12.0 Å². The monoisotopic (exact) mass is 386 g/mol. The van der Waals surface area contributed by atoms with Gasteiger partial charge in [-0.3, -0.25) is 25.0 Å². The zero-order valence-electron chi connectivity index (χ0n) is 15.3. The summed E-state index contributed by atoms with van der Waals surface area (Å²) >= 11 is 0. The first-order valence-corrected chi connectivity index (χ1v) is 8.32. The number of nitro groups is 2. The van der Waals surface area contributed by atoms with E-state index in [1.165, 1.54) is 26.2 Å². The number of aldehydes is 1. The van der Waals surface area contributed by atoms with Crippen LogP contribution in [0.4, 0.5) is 11.4 Å². The van der Waals surface area contributed by atoms with Gasteiger partial charge in [0.25, 0.3) is 11.4 Å². The molecule has 0 fully saturated rings. The zero-order valence-corrected chi connectivity index (χ0v) is 15.3. The number of rotatable bonds is 9. The number of ketones is 1. The van der Waals surface area contributed by atoms with E-state index in [0.29, 0.717) is 23.2 Å². The van der Waals surface area contributed by atoms with Gasteiger partial charge in [-0.25, -0.2) is 0 Å². The number of ether oxygens (including phenoxy) is 1. The largest absolute Gasteiger partial charge is 0.496 e. The van der Waals surface area contributed by atoms with Gasteiger partial charge in [-0.15, -0.1) is 0 Å². The van der Waals surface area contributed by atoms with Crippen LogP contribution < -0.4 is 4.74 Å². The van der Waals surface area contributed by atoms with Crippen molar-refractivity contribution in [2.75, 3.05) is 7.11 Å². The van der Waals surface area contributed by atoms with Crippen molar-refractivity contribution >= 4 is 23.4 Å². The number of nitrogens with zero attached hydrogens (tertiary/aromatic N) is 2. The maximum Gasteiger partial charge on any atom is 0.279 e. The Balaban J connectivity index is 2.46. The molecular formula is C19H18N2O7. The van der Waals surface area contributed by atoms with Crippen molar-refractivity contribution in [3.8, 4) is 5.75 Å². The minimum absolute atomic E-state index is 0.0801. The van der Waals surface area contributed by atoms with Crippen LogP contribution in [-0.4, -0.2) is 29.0 Å². The first kappa shape index (κ1) is 20.7. The van der Waals surface area contributed by atoms with E-state index >= 15 is 0 Å². The molecule has 1 atom stereocenters. The smallest absolute Gasteiger partial charge is 0.279 e. The maximum atomic E-state index is 11.7. The van der Waals surface area contributed by atoms with E-state index in [4.69, 9.17) is 4.74 Å². The number of benzene rings is 2. The lowest BCUT2D eigenvalue weighted by Gasteiger charge is -2.17. The number of methoxy groups -OCH3 is 1. The summed E-state index contributed by atoms with van der Waals surface area (Å²) in [6.45, 7) is 1.40. The second-order valence-electron chi connectivity index (χ2n) is 6.15. The fourth-order valence-electron chi connectivity index (χ4n) is 2.98. The molecule has 2 rings (SSSR count). The van der Waals surface area contributed by atoms with Crippen LogP contribution in [0.25, 0.3) is 0 Å². The molecule has 146 valence electrons. The molecule has 0 saturated heterocycles. The summed E-state index contributed by atoms with van der Waals surface area (Å²) in [6, 6.07) is 8.31. The van der Waals surface area contributed by atoms with Gasteiger partial charge >= 0.3 is 0 Å². The normalized spacial score (nSPS) is 11.5. The summed E-state index contributed by atoms with van der Waals surface area (Å²) in [5, 5.41) is 22.2. The van der Waals surface area contributed by atoms with Crippen molar-refractivity contribution in [1.82, 2.24) is 0 Å². The second-order valence-corrected chi connectivity index (χ2v) is 6.15. The SMILES string of the molecule is COc1cc([C@H](CC=O)Cc2ccc([N+](=O)[O-])cc2[N+](=O)[O-])ccc1C(C)=O. The predicted molar refractivity (Wildman–Crippen MR) is 99.9 cm³/mol. The van der Waals surface area contributed by atoms with E-state index in [1.807, 2.05) is 0 Å². The second kappa shape index (κ2) is 8.85. The first-order valence-electron chi connectivity index (χ1n) is 8.32. The Morgan fingerprint density at radius 3 is 2.39 bits per heavy atom. The van der Waals surface area contributed by atoms with E-state index in [2.05, 4.69) is 0 Å². The number of non-ortho nitro benzene ring substituents is 1. The van der Waals surface area contributed by atoms with Gasteiger partial charge in [0.2, 0.25) is 0 Å². The average Bonchev–Trinajstić information content (AvgIpc) is 2.66. The van der Waals surface area contributed by atoms with Crippen molar-refractivity contribution < 1.29 is 24.2 Å². The summed E-state index contributed by atoms with van der Waals surface area (Å²) in [4.78, 5) is 43.7. The number of carbonyl (C=O) groups excluding carboxylic acids is 2. The Morgan fingerprint density at radius 2 is 1.86 bits per heavy atom. The Hall–Kier alpha value is -3.62. The van der Waals surface area contributed by atoms with Crippen LogP contribution in [0.5, 0.6) is 5.75 Å². The topological polar surface area (TPSA) is 130 Å². The minimum Gasteiger partial charge on any atom is -0.496 e. The molecule has 0 spiro atoms. The van der Waals surface area contributed by atoms with Crippen LogP contribution in [-0.2, 0) is 11.2 Å². The van der Waals surface area contributed by atoms with Crippen LogP contribution in [0.15, 0.2) is 36.4 Å². The van der Waals surface area contributed by atoms with Crippen molar-refractivity contribution in [2.24, 2.45) is 0 Å². The molecule has 0 amide bonds. The summed E-state index contributed by atoms with van der Waals surface area (Å²) in [5.74, 6) is -0.256. The van der Waals surface area contributed by atoms with Gasteiger partial charge in [-0.1, -0.05) is 6.07 Å². The molecule has 2 aromatic rings. The highest BCUT2D eigenvalue weighted by molar-refractivity contribution is 5.96. The van der Waals surface area contributed by atoms with E-state index in [-0.39, 0.29) is 35.6 Å². The third-order valence-electron chi connectivity index (χ3n) is 4.40. The van der Waals surface area contributed by atoms with Crippen molar-refractivity contribution in [2.45, 2.75) is 25.7 Å². The van der Waals surface area contributed by atoms with Gasteiger partial charge in [0.15, 0.2) is 5.78 Å². The molecule has 9 heteroatoms. The summed E-state index contributed by atoms with van der Waals surface area (Å²) in [7, 11) is 1.42. The number of Topliss-reactive ketones (excluding diaryl/α,β-unsaturated/α-hetero) is 1. The standard InChI is InChI=1S/C19H18N2O7/c1-12(23)17-6-4-13(10-19(17)28-2)14(7-8-22)9-15-3-5-16(20(24)25)11-18(15)21(26)27/h3-6,8,10-11,14H,7,9H2,1-2H3/t14-/m1/s1. The van der Waals surface area contributed by atoms with Crippen molar-refractivity contribution in [1.29, 1.82) is 0 Å². The molecule has 0 aliphatic carbocycles. The van der Waals surface area contributed by atoms with E-state index in [0.717, 1.165) is 6.07 Å². The van der Waals surface area contributed by atoms with Crippen LogP contribution >= 0.6 is 0 Å². The van der Waals surface area contributed by atoms with Gasteiger partial charge in [0.05, 0.1) is 28.6 Å². The van der Waals surface area contributed by atoms with Gasteiger partial charge in [-0.05, 0) is 43.0 Å². The number of nitro benzene ring substituents is 2. The third kappa shape index (κ3) is 4.56. The van der Waals surface area contributed by atoms with Crippen LogP contribution in [0.3, 0.4) is 0 Å². The number of hydrogen-bond acceptors (Lipinski definition) is 7. The molecular weight excluding hydrogens is 368 g/mol. The molecule has 0 bridgehead atoms. The predicted octanol–water partition coefficient (Wildman–Crippen LogP) is 3.63. The molecule has 2 aromatic carbocycles. The van der Waals surface area contributed by atoms with Crippen LogP contribution in [0.1, 0.15) is 40.7 Å². The first-order chi connectivity index (χ1) is 13.3. The quantitative estimate of drug-likeness (QED) is 0.278. The molecule has 0 aliphatic heterocycles. The van der Waals surface area contributed by atoms with Gasteiger partial charge in [0, 0.05) is 18.1 Å². The van der Waals surface area contributed by atoms with E-state index in [9.17, 15) is 29.8 Å². The lowest BCUT2D eigenvalue weighted by Crippen LogP contribution is -2.08. The minimum atomic E-state index is -0.703. The summed E-state index contributed by atoms with van der Waals surface area (Å²) in [5.41, 5.74) is 0.573. The Morgan fingerprint density at radius 1 is 1.14 bits per heavy atom. The van der Waals surface area contributed by atoms with E-state index < -0.39 is 15.8 Å². The van der Waals surface area contributed by atoms with E-state index in [1.54, 1.807) is 18.2 Å². The van der Waals surface area contributed by atoms with Crippen molar-refractivity contribution in [3.63, 3.8) is 0 Å². The molecule has 0 N–H and O–H groups in total. The lowest BCUT2D eigenvalue weighted by atomic mass is 9.88.